The second-order valence-electron chi connectivity index (χ2n) is 6.98. The quantitative estimate of drug-likeness (QED) is 0.908. The summed E-state index contributed by atoms with van der Waals surface area (Å²) in [7, 11) is 0. The van der Waals surface area contributed by atoms with E-state index >= 15 is 0 Å². The number of nitrogens with zero attached hydrogens (tertiary/aromatic N) is 1. The third-order valence-electron chi connectivity index (χ3n) is 5.24. The van der Waals surface area contributed by atoms with Gasteiger partial charge in [0.05, 0.1) is 12.3 Å². The van der Waals surface area contributed by atoms with Crippen LogP contribution in [0.2, 0.25) is 0 Å². The van der Waals surface area contributed by atoms with E-state index in [1.165, 1.54) is 24.1 Å². The molecule has 1 saturated carbocycles. The maximum atomic E-state index is 12.5. The van der Waals surface area contributed by atoms with Gasteiger partial charge in [-0.1, -0.05) is 12.1 Å². The molecule has 1 saturated heterocycles. The van der Waals surface area contributed by atoms with E-state index in [0.29, 0.717) is 0 Å². The molecule has 0 radical (unpaired) electrons. The molecule has 4 heteroatoms. The lowest BCUT2D eigenvalue weighted by Gasteiger charge is -2.20. The van der Waals surface area contributed by atoms with Gasteiger partial charge in [-0.3, -0.25) is 4.79 Å². The molecule has 1 aromatic carbocycles. The van der Waals surface area contributed by atoms with Gasteiger partial charge in [0.2, 0.25) is 5.91 Å². The smallest absolute Gasteiger partial charge is 0.224 e. The minimum Gasteiger partial charge on any atom is -0.469 e. The van der Waals surface area contributed by atoms with Crippen LogP contribution in [-0.4, -0.2) is 19.0 Å². The SMILES string of the molecule is C[C@H](NC(=O)[C@@H]1C[C@H]1c1ccco1)c1cccc(N2CCCC2)c1. The fraction of sp³-hybridized carbons (Fsp3) is 0.450. The number of furan rings is 1. The Morgan fingerprint density at radius 3 is 2.83 bits per heavy atom. The molecule has 1 aromatic heterocycles. The Labute approximate surface area is 142 Å². The summed E-state index contributed by atoms with van der Waals surface area (Å²) < 4.78 is 5.41. The van der Waals surface area contributed by atoms with Crippen LogP contribution in [0.1, 0.15) is 49.5 Å². The predicted octanol–water partition coefficient (Wildman–Crippen LogP) is 3.86. The van der Waals surface area contributed by atoms with Gasteiger partial charge in [0.15, 0.2) is 0 Å². The van der Waals surface area contributed by atoms with Crippen molar-refractivity contribution in [2.75, 3.05) is 18.0 Å². The summed E-state index contributed by atoms with van der Waals surface area (Å²) in [6, 6.07) is 12.4. The fourth-order valence-corrected chi connectivity index (χ4v) is 3.67. The molecule has 2 aliphatic rings. The topological polar surface area (TPSA) is 45.5 Å². The molecule has 1 aliphatic carbocycles. The number of carbonyl (C=O) groups is 1. The molecule has 3 atom stereocenters. The monoisotopic (exact) mass is 324 g/mol. The van der Waals surface area contributed by atoms with E-state index in [1.54, 1.807) is 6.26 Å². The normalized spacial score (nSPS) is 24.0. The Balaban J connectivity index is 1.38. The highest BCUT2D eigenvalue weighted by atomic mass is 16.3. The summed E-state index contributed by atoms with van der Waals surface area (Å²) in [5.41, 5.74) is 2.44. The molecule has 2 aromatic rings. The molecule has 1 amide bonds. The first kappa shape index (κ1) is 15.3. The lowest BCUT2D eigenvalue weighted by molar-refractivity contribution is -0.123. The number of amides is 1. The van der Waals surface area contributed by atoms with Crippen LogP contribution in [0.25, 0.3) is 0 Å². The van der Waals surface area contributed by atoms with Gasteiger partial charge < -0.3 is 14.6 Å². The molecule has 1 N–H and O–H groups in total. The van der Waals surface area contributed by atoms with Gasteiger partial charge >= 0.3 is 0 Å². The number of nitrogens with one attached hydrogen (secondary N) is 1. The van der Waals surface area contributed by atoms with Crippen molar-refractivity contribution in [2.24, 2.45) is 5.92 Å². The van der Waals surface area contributed by atoms with E-state index in [9.17, 15) is 4.79 Å². The van der Waals surface area contributed by atoms with Crippen LogP contribution < -0.4 is 10.2 Å². The van der Waals surface area contributed by atoms with E-state index in [4.69, 9.17) is 4.42 Å². The molecule has 2 fully saturated rings. The Kier molecular flexibility index (Phi) is 4.05. The standard InChI is InChI=1S/C20H24N2O2/c1-14(15-6-4-7-16(12-15)22-9-2-3-10-22)21-20(23)18-13-17(18)19-8-5-11-24-19/h4-8,11-12,14,17-18H,2-3,9-10,13H2,1H3,(H,21,23)/t14-,17+,18+/m0/s1. The van der Waals surface area contributed by atoms with Crippen LogP contribution in [0.3, 0.4) is 0 Å². The van der Waals surface area contributed by atoms with Gasteiger partial charge in [0, 0.05) is 30.6 Å². The van der Waals surface area contributed by atoms with Gasteiger partial charge in [-0.2, -0.15) is 0 Å². The van der Waals surface area contributed by atoms with Crippen molar-refractivity contribution in [3.8, 4) is 0 Å². The number of rotatable bonds is 5. The fourth-order valence-electron chi connectivity index (χ4n) is 3.67. The third kappa shape index (κ3) is 3.05. The zero-order valence-electron chi connectivity index (χ0n) is 14.1. The second-order valence-corrected chi connectivity index (χ2v) is 6.98. The highest BCUT2D eigenvalue weighted by Crippen LogP contribution is 2.47. The molecule has 2 heterocycles. The first-order chi connectivity index (χ1) is 11.7. The van der Waals surface area contributed by atoms with Crippen LogP contribution in [-0.2, 0) is 4.79 Å². The van der Waals surface area contributed by atoms with Crippen LogP contribution in [0.4, 0.5) is 5.69 Å². The number of anilines is 1. The van der Waals surface area contributed by atoms with Gasteiger partial charge in [0.1, 0.15) is 5.76 Å². The first-order valence-corrected chi connectivity index (χ1v) is 8.91. The zero-order valence-corrected chi connectivity index (χ0v) is 14.1. The van der Waals surface area contributed by atoms with Gasteiger partial charge in [0.25, 0.3) is 0 Å². The molecule has 4 rings (SSSR count). The summed E-state index contributed by atoms with van der Waals surface area (Å²) in [5.74, 6) is 1.37. The zero-order chi connectivity index (χ0) is 16.5. The van der Waals surface area contributed by atoms with E-state index in [-0.39, 0.29) is 23.8 Å². The summed E-state index contributed by atoms with van der Waals surface area (Å²) in [4.78, 5) is 14.9. The van der Waals surface area contributed by atoms with Gasteiger partial charge in [-0.25, -0.2) is 0 Å². The van der Waals surface area contributed by atoms with E-state index in [1.807, 2.05) is 12.1 Å². The van der Waals surface area contributed by atoms with Crippen molar-refractivity contribution in [3.63, 3.8) is 0 Å². The summed E-state index contributed by atoms with van der Waals surface area (Å²) in [6.45, 7) is 4.33. The molecular weight excluding hydrogens is 300 g/mol. The Hall–Kier alpha value is -2.23. The summed E-state index contributed by atoms with van der Waals surface area (Å²) >= 11 is 0. The Morgan fingerprint density at radius 2 is 2.08 bits per heavy atom. The number of hydrogen-bond acceptors (Lipinski definition) is 3. The van der Waals surface area contributed by atoms with Crippen molar-refractivity contribution in [1.29, 1.82) is 0 Å². The minimum atomic E-state index is 0.0258. The largest absolute Gasteiger partial charge is 0.469 e. The molecule has 24 heavy (non-hydrogen) atoms. The number of carbonyl (C=O) groups excluding carboxylic acids is 1. The molecule has 126 valence electrons. The summed E-state index contributed by atoms with van der Waals surface area (Å²) in [6.07, 6.45) is 5.10. The molecule has 4 nitrogen and oxygen atoms in total. The predicted molar refractivity (Wildman–Crippen MR) is 94.0 cm³/mol. The molecule has 0 unspecified atom stereocenters. The summed E-state index contributed by atoms with van der Waals surface area (Å²) in [5, 5.41) is 3.17. The Bertz CT molecular complexity index is 704. The van der Waals surface area contributed by atoms with E-state index < -0.39 is 0 Å². The Morgan fingerprint density at radius 1 is 1.25 bits per heavy atom. The highest BCUT2D eigenvalue weighted by Gasteiger charge is 2.46. The molecule has 0 bridgehead atoms. The maximum absolute atomic E-state index is 12.5. The number of benzene rings is 1. The van der Waals surface area contributed by atoms with Crippen molar-refractivity contribution in [3.05, 3.63) is 54.0 Å². The van der Waals surface area contributed by atoms with Gasteiger partial charge in [-0.15, -0.1) is 0 Å². The second kappa shape index (κ2) is 6.34. The van der Waals surface area contributed by atoms with E-state index in [2.05, 4.69) is 41.4 Å². The van der Waals surface area contributed by atoms with E-state index in [0.717, 1.165) is 25.3 Å². The number of hydrogen-bond donors (Lipinski definition) is 1. The lowest BCUT2D eigenvalue weighted by Crippen LogP contribution is -2.28. The van der Waals surface area contributed by atoms with Crippen molar-refractivity contribution >= 4 is 11.6 Å². The average molecular weight is 324 g/mol. The minimum absolute atomic E-state index is 0.0258. The average Bonchev–Trinajstić information content (AvgIpc) is 3.03. The van der Waals surface area contributed by atoms with Crippen molar-refractivity contribution < 1.29 is 9.21 Å². The third-order valence-corrected chi connectivity index (χ3v) is 5.24. The van der Waals surface area contributed by atoms with Crippen molar-refractivity contribution in [2.45, 2.75) is 38.1 Å². The van der Waals surface area contributed by atoms with Crippen molar-refractivity contribution in [1.82, 2.24) is 5.32 Å². The van der Waals surface area contributed by atoms with Crippen LogP contribution in [0.15, 0.2) is 47.1 Å². The molecule has 0 spiro atoms. The lowest BCUT2D eigenvalue weighted by atomic mass is 10.1. The van der Waals surface area contributed by atoms with Crippen LogP contribution >= 0.6 is 0 Å². The van der Waals surface area contributed by atoms with Crippen LogP contribution in [0.5, 0.6) is 0 Å². The highest BCUT2D eigenvalue weighted by molar-refractivity contribution is 5.83. The van der Waals surface area contributed by atoms with Crippen LogP contribution in [0, 0.1) is 5.92 Å². The molecular formula is C20H24N2O2. The van der Waals surface area contributed by atoms with Gasteiger partial charge in [-0.05, 0) is 56.0 Å². The molecule has 1 aliphatic heterocycles. The first-order valence-electron chi connectivity index (χ1n) is 8.91. The maximum Gasteiger partial charge on any atom is 0.224 e.